The highest BCUT2D eigenvalue weighted by molar-refractivity contribution is 7.18. The Hall–Kier alpha value is -2.67. The number of thiophene rings is 1. The number of carbonyl (C=O) groups is 1. The first-order valence-corrected chi connectivity index (χ1v) is 10.4. The average molecular weight is 397 g/mol. The second kappa shape index (κ2) is 7.39. The first-order valence-electron chi connectivity index (χ1n) is 9.59. The Morgan fingerprint density at radius 2 is 2.00 bits per heavy atom. The Labute approximate surface area is 167 Å². The molecule has 4 rings (SSSR count). The van der Waals surface area contributed by atoms with Gasteiger partial charge in [0.1, 0.15) is 10.7 Å². The summed E-state index contributed by atoms with van der Waals surface area (Å²) in [7, 11) is 0. The van der Waals surface area contributed by atoms with Crippen molar-refractivity contribution in [3.63, 3.8) is 0 Å². The Kier molecular flexibility index (Phi) is 4.93. The topological polar surface area (TPSA) is 86.9 Å². The minimum atomic E-state index is -0.151. The molecule has 28 heavy (non-hydrogen) atoms. The molecule has 1 amide bonds. The third kappa shape index (κ3) is 3.67. The molecule has 0 fully saturated rings. The van der Waals surface area contributed by atoms with Gasteiger partial charge in [-0.3, -0.25) is 9.59 Å². The van der Waals surface area contributed by atoms with Crippen molar-refractivity contribution in [1.29, 1.82) is 0 Å². The van der Waals surface area contributed by atoms with Gasteiger partial charge in [-0.15, -0.1) is 11.3 Å². The summed E-state index contributed by atoms with van der Waals surface area (Å²) in [5, 5.41) is 6.88. The highest BCUT2D eigenvalue weighted by Crippen LogP contribution is 2.36. The zero-order valence-corrected chi connectivity index (χ0v) is 17.1. The van der Waals surface area contributed by atoms with E-state index >= 15 is 0 Å². The van der Waals surface area contributed by atoms with Crippen molar-refractivity contribution < 1.29 is 4.79 Å². The van der Waals surface area contributed by atoms with Crippen molar-refractivity contribution in [2.75, 3.05) is 10.6 Å². The number of aromatic nitrogens is 2. The highest BCUT2D eigenvalue weighted by atomic mass is 32.1. The van der Waals surface area contributed by atoms with E-state index in [1.165, 1.54) is 17.4 Å². The number of fused-ring (bicyclic) bond motifs is 3. The van der Waals surface area contributed by atoms with Crippen LogP contribution in [0.15, 0.2) is 29.1 Å². The van der Waals surface area contributed by atoms with Gasteiger partial charge in [-0.1, -0.05) is 6.92 Å². The number of nitrogens with zero attached hydrogens (tertiary/aromatic N) is 1. The van der Waals surface area contributed by atoms with Crippen LogP contribution in [-0.4, -0.2) is 15.9 Å². The monoisotopic (exact) mass is 396 g/mol. The molecule has 2 aromatic heterocycles. The summed E-state index contributed by atoms with van der Waals surface area (Å²) in [5.74, 6) is 1.20. The van der Waals surface area contributed by atoms with Crippen molar-refractivity contribution in [3.05, 3.63) is 50.9 Å². The number of rotatable bonds is 4. The fourth-order valence-electron chi connectivity index (χ4n) is 3.74. The van der Waals surface area contributed by atoms with Crippen molar-refractivity contribution in [2.45, 2.75) is 46.1 Å². The van der Waals surface area contributed by atoms with Crippen LogP contribution in [0.1, 0.15) is 49.5 Å². The number of anilines is 2. The molecule has 1 aliphatic carbocycles. The normalized spacial score (nSPS) is 17.2. The number of benzene rings is 1. The number of hydrogen-bond acceptors (Lipinski definition) is 5. The van der Waals surface area contributed by atoms with Crippen LogP contribution in [0.4, 0.5) is 11.4 Å². The third-order valence-corrected chi connectivity index (χ3v) is 6.33. The number of aryl methyl sites for hydroxylation is 1. The number of carbonyl (C=O) groups excluding carboxylic acids is 1. The molecule has 0 radical (unpaired) electrons. The fraction of sp³-hybridized carbons (Fsp3) is 0.381. The van der Waals surface area contributed by atoms with Gasteiger partial charge in [-0.2, -0.15) is 0 Å². The third-order valence-electron chi connectivity index (χ3n) is 5.18. The van der Waals surface area contributed by atoms with Crippen LogP contribution in [0.3, 0.4) is 0 Å². The molecule has 1 aromatic carbocycles. The lowest BCUT2D eigenvalue weighted by atomic mass is 9.89. The van der Waals surface area contributed by atoms with Crippen molar-refractivity contribution in [1.82, 2.24) is 9.97 Å². The second-order valence-electron chi connectivity index (χ2n) is 7.61. The first-order chi connectivity index (χ1) is 13.4. The summed E-state index contributed by atoms with van der Waals surface area (Å²) in [4.78, 5) is 33.8. The molecule has 6 nitrogen and oxygen atoms in total. The van der Waals surface area contributed by atoms with E-state index < -0.39 is 0 Å². The van der Waals surface area contributed by atoms with Gasteiger partial charge in [0.05, 0.1) is 11.4 Å². The maximum absolute atomic E-state index is 12.8. The minimum Gasteiger partial charge on any atom is -0.375 e. The van der Waals surface area contributed by atoms with E-state index in [0.29, 0.717) is 11.7 Å². The van der Waals surface area contributed by atoms with Crippen molar-refractivity contribution in [3.8, 4) is 0 Å². The second-order valence-corrected chi connectivity index (χ2v) is 8.69. The van der Waals surface area contributed by atoms with Gasteiger partial charge in [0.2, 0.25) is 5.91 Å². The lowest BCUT2D eigenvalue weighted by Gasteiger charge is -2.17. The summed E-state index contributed by atoms with van der Waals surface area (Å²) in [6.45, 7) is 5.72. The SMILES string of the molecule is CC(=O)Nc1ccc(N[C@@H](C)c2nc3sc4c(c3c(=O)[nH]2)CC[C@H](C)C4)cc1. The van der Waals surface area contributed by atoms with E-state index in [0.717, 1.165) is 40.9 Å². The van der Waals surface area contributed by atoms with Crippen LogP contribution in [0.5, 0.6) is 0 Å². The molecule has 2 heterocycles. The zero-order chi connectivity index (χ0) is 19.8. The smallest absolute Gasteiger partial charge is 0.259 e. The van der Waals surface area contributed by atoms with Crippen LogP contribution in [-0.2, 0) is 17.6 Å². The van der Waals surface area contributed by atoms with Crippen LogP contribution < -0.4 is 16.2 Å². The molecule has 1 aliphatic rings. The summed E-state index contributed by atoms with van der Waals surface area (Å²) in [6, 6.07) is 7.31. The molecule has 0 bridgehead atoms. The molecule has 0 saturated carbocycles. The van der Waals surface area contributed by atoms with E-state index in [1.807, 2.05) is 31.2 Å². The van der Waals surface area contributed by atoms with Crippen molar-refractivity contribution in [2.24, 2.45) is 5.92 Å². The first kappa shape index (κ1) is 18.7. The van der Waals surface area contributed by atoms with Gasteiger partial charge < -0.3 is 15.6 Å². The molecule has 0 saturated heterocycles. The van der Waals surface area contributed by atoms with Gasteiger partial charge in [0, 0.05) is 23.2 Å². The Morgan fingerprint density at radius 1 is 1.29 bits per heavy atom. The van der Waals surface area contributed by atoms with E-state index in [2.05, 4.69) is 22.5 Å². The average Bonchev–Trinajstić information content (AvgIpc) is 3.00. The fourth-order valence-corrected chi connectivity index (χ4v) is 5.13. The van der Waals surface area contributed by atoms with Gasteiger partial charge in [0.25, 0.3) is 5.56 Å². The van der Waals surface area contributed by atoms with E-state index in [4.69, 9.17) is 4.98 Å². The maximum atomic E-state index is 12.8. The standard InChI is InChI=1S/C21H24N4O2S/c1-11-4-9-16-17(10-11)28-21-18(16)20(27)24-19(25-21)12(2)22-14-5-7-15(8-6-14)23-13(3)26/h5-8,11-12,22H,4,9-10H2,1-3H3,(H,23,26)(H,24,25,27)/t11-,12-/m0/s1. The summed E-state index contributed by atoms with van der Waals surface area (Å²) < 4.78 is 0. The number of aromatic amines is 1. The number of nitrogens with one attached hydrogen (secondary N) is 3. The van der Waals surface area contributed by atoms with Gasteiger partial charge in [-0.25, -0.2) is 4.98 Å². The molecule has 146 valence electrons. The summed E-state index contributed by atoms with van der Waals surface area (Å²) >= 11 is 1.66. The van der Waals surface area contributed by atoms with Crippen LogP contribution >= 0.6 is 11.3 Å². The molecule has 0 spiro atoms. The Morgan fingerprint density at radius 3 is 2.71 bits per heavy atom. The van der Waals surface area contributed by atoms with Crippen molar-refractivity contribution >= 4 is 38.8 Å². The number of hydrogen-bond donors (Lipinski definition) is 3. The van der Waals surface area contributed by atoms with Gasteiger partial charge in [-0.05, 0) is 61.9 Å². The summed E-state index contributed by atoms with van der Waals surface area (Å²) in [5.41, 5.74) is 2.80. The van der Waals surface area contributed by atoms with Gasteiger partial charge in [0.15, 0.2) is 0 Å². The van der Waals surface area contributed by atoms with E-state index in [9.17, 15) is 9.59 Å². The van der Waals surface area contributed by atoms with E-state index in [1.54, 1.807) is 11.3 Å². The van der Waals surface area contributed by atoms with Crippen LogP contribution in [0, 0.1) is 5.92 Å². The molecule has 7 heteroatoms. The number of H-pyrrole nitrogens is 1. The quantitative estimate of drug-likeness (QED) is 0.616. The lowest BCUT2D eigenvalue weighted by molar-refractivity contribution is -0.114. The Bertz CT molecular complexity index is 1080. The molecule has 3 aromatic rings. The summed E-state index contributed by atoms with van der Waals surface area (Å²) in [6.07, 6.45) is 3.14. The molecule has 0 unspecified atom stereocenters. The van der Waals surface area contributed by atoms with Crippen LogP contribution in [0.2, 0.25) is 0 Å². The highest BCUT2D eigenvalue weighted by Gasteiger charge is 2.23. The molecule has 2 atom stereocenters. The van der Waals surface area contributed by atoms with E-state index in [-0.39, 0.29) is 17.5 Å². The predicted molar refractivity (Wildman–Crippen MR) is 114 cm³/mol. The lowest BCUT2D eigenvalue weighted by Crippen LogP contribution is -2.18. The number of amides is 1. The Balaban J connectivity index is 1.58. The van der Waals surface area contributed by atoms with Crippen LogP contribution in [0.25, 0.3) is 10.2 Å². The molecule has 0 aliphatic heterocycles. The molecular weight excluding hydrogens is 372 g/mol. The maximum Gasteiger partial charge on any atom is 0.259 e. The zero-order valence-electron chi connectivity index (χ0n) is 16.3. The molecule has 3 N–H and O–H groups in total. The predicted octanol–water partition coefficient (Wildman–Crippen LogP) is 4.24. The minimum absolute atomic E-state index is 0.0401. The van der Waals surface area contributed by atoms with Gasteiger partial charge >= 0.3 is 0 Å². The largest absolute Gasteiger partial charge is 0.375 e. The molecular formula is C21H24N4O2S.